The molecule has 0 bridgehead atoms. The molecular weight excluding hydrogens is 220 g/mol. The van der Waals surface area contributed by atoms with Crippen molar-refractivity contribution in [3.05, 3.63) is 23.3 Å². The summed E-state index contributed by atoms with van der Waals surface area (Å²) in [6.07, 6.45) is 6.78. The van der Waals surface area contributed by atoms with Gasteiger partial charge in [0.2, 0.25) is 0 Å². The van der Waals surface area contributed by atoms with Crippen LogP contribution in [0.1, 0.15) is 19.3 Å². The van der Waals surface area contributed by atoms with Gasteiger partial charge in [0.05, 0.1) is 26.1 Å². The highest BCUT2D eigenvalue weighted by Gasteiger charge is 2.37. The minimum absolute atomic E-state index is 0.380. The number of hydrogen-bond donors (Lipinski definition) is 0. The summed E-state index contributed by atoms with van der Waals surface area (Å²) in [5.41, 5.74) is 2.36. The number of esters is 2. The van der Waals surface area contributed by atoms with Crippen LogP contribution in [0.3, 0.4) is 0 Å². The molecule has 0 aromatic heterocycles. The number of allylic oxidation sites excluding steroid dienone is 2. The highest BCUT2D eigenvalue weighted by Crippen LogP contribution is 2.38. The van der Waals surface area contributed by atoms with Crippen molar-refractivity contribution in [1.29, 1.82) is 0 Å². The van der Waals surface area contributed by atoms with E-state index in [1.54, 1.807) is 0 Å². The van der Waals surface area contributed by atoms with E-state index >= 15 is 0 Å². The first-order chi connectivity index (χ1) is 8.17. The summed E-state index contributed by atoms with van der Waals surface area (Å²) in [6.45, 7) is 0. The Bertz CT molecular complexity index is 368. The molecule has 0 aromatic rings. The first kappa shape index (κ1) is 11.9. The molecule has 17 heavy (non-hydrogen) atoms. The molecule has 0 aliphatic heterocycles. The van der Waals surface area contributed by atoms with Crippen LogP contribution in [-0.4, -0.2) is 26.2 Å². The summed E-state index contributed by atoms with van der Waals surface area (Å²) in [6, 6.07) is 0. The Balaban J connectivity index is 2.31. The zero-order valence-corrected chi connectivity index (χ0v) is 10.1. The third kappa shape index (κ3) is 2.12. The molecule has 2 aliphatic carbocycles. The number of carbonyl (C=O) groups excluding carboxylic acids is 2. The van der Waals surface area contributed by atoms with Crippen LogP contribution >= 0.6 is 0 Å². The van der Waals surface area contributed by atoms with Crippen molar-refractivity contribution in [2.45, 2.75) is 19.3 Å². The van der Waals surface area contributed by atoms with E-state index in [4.69, 9.17) is 9.47 Å². The topological polar surface area (TPSA) is 52.6 Å². The minimum atomic E-state index is -0.538. The van der Waals surface area contributed by atoms with Crippen molar-refractivity contribution in [3.63, 3.8) is 0 Å². The van der Waals surface area contributed by atoms with Crippen LogP contribution in [-0.2, 0) is 19.1 Å². The largest absolute Gasteiger partial charge is 0.469 e. The molecule has 92 valence electrons. The van der Waals surface area contributed by atoms with Crippen LogP contribution in [0.5, 0.6) is 0 Å². The standard InChI is InChI=1S/C13H16O4/c1-16-12(14)10-6-8-4-3-5-9(8)7-11(10)13(15)17-2/h6-7,10-11H,3-5H2,1-2H3/t10-,11+. The maximum absolute atomic E-state index is 11.7. The molecular formula is C13H16O4. The molecule has 0 N–H and O–H groups in total. The van der Waals surface area contributed by atoms with Crippen molar-refractivity contribution in [3.8, 4) is 0 Å². The summed E-state index contributed by atoms with van der Waals surface area (Å²) < 4.78 is 9.49. The number of hydrogen-bond acceptors (Lipinski definition) is 4. The van der Waals surface area contributed by atoms with Crippen molar-refractivity contribution < 1.29 is 19.1 Å². The van der Waals surface area contributed by atoms with E-state index in [-0.39, 0.29) is 11.9 Å². The van der Waals surface area contributed by atoms with Gasteiger partial charge in [-0.1, -0.05) is 12.2 Å². The molecule has 2 atom stereocenters. The molecule has 0 aromatic carbocycles. The van der Waals surface area contributed by atoms with Crippen LogP contribution < -0.4 is 0 Å². The van der Waals surface area contributed by atoms with E-state index < -0.39 is 11.8 Å². The number of methoxy groups -OCH3 is 2. The lowest BCUT2D eigenvalue weighted by Gasteiger charge is -2.23. The summed E-state index contributed by atoms with van der Waals surface area (Å²) in [7, 11) is 2.67. The molecule has 2 rings (SSSR count). The highest BCUT2D eigenvalue weighted by molar-refractivity contribution is 5.86. The molecule has 1 saturated carbocycles. The third-order valence-corrected chi connectivity index (χ3v) is 3.40. The van der Waals surface area contributed by atoms with Gasteiger partial charge in [-0.25, -0.2) is 0 Å². The van der Waals surface area contributed by atoms with E-state index in [9.17, 15) is 9.59 Å². The molecule has 2 aliphatic rings. The number of rotatable bonds is 2. The van der Waals surface area contributed by atoms with Gasteiger partial charge in [-0.05, 0) is 30.4 Å². The van der Waals surface area contributed by atoms with Gasteiger partial charge in [0.25, 0.3) is 0 Å². The number of carbonyl (C=O) groups is 2. The predicted molar refractivity (Wildman–Crippen MR) is 61.0 cm³/mol. The second-order valence-corrected chi connectivity index (χ2v) is 4.34. The third-order valence-electron chi connectivity index (χ3n) is 3.40. The average Bonchev–Trinajstić information content (AvgIpc) is 2.82. The van der Waals surface area contributed by atoms with E-state index in [2.05, 4.69) is 0 Å². The zero-order chi connectivity index (χ0) is 12.4. The summed E-state index contributed by atoms with van der Waals surface area (Å²) in [4.78, 5) is 23.4. The van der Waals surface area contributed by atoms with E-state index in [1.165, 1.54) is 25.4 Å². The van der Waals surface area contributed by atoms with Gasteiger partial charge in [0.15, 0.2) is 0 Å². The average molecular weight is 236 g/mol. The fourth-order valence-electron chi connectivity index (χ4n) is 2.51. The van der Waals surface area contributed by atoms with E-state index in [0.29, 0.717) is 0 Å². The molecule has 0 saturated heterocycles. The van der Waals surface area contributed by atoms with Crippen LogP contribution in [0, 0.1) is 11.8 Å². The van der Waals surface area contributed by atoms with Crippen molar-refractivity contribution >= 4 is 11.9 Å². The Hall–Kier alpha value is -1.58. The van der Waals surface area contributed by atoms with E-state index in [0.717, 1.165) is 19.3 Å². The summed E-state index contributed by atoms with van der Waals surface area (Å²) >= 11 is 0. The van der Waals surface area contributed by atoms with Crippen LogP contribution in [0.25, 0.3) is 0 Å². The van der Waals surface area contributed by atoms with Crippen molar-refractivity contribution in [1.82, 2.24) is 0 Å². The van der Waals surface area contributed by atoms with Gasteiger partial charge < -0.3 is 9.47 Å². The van der Waals surface area contributed by atoms with Crippen LogP contribution in [0.15, 0.2) is 23.3 Å². The fourth-order valence-corrected chi connectivity index (χ4v) is 2.51. The molecule has 0 amide bonds. The van der Waals surface area contributed by atoms with Gasteiger partial charge in [-0.15, -0.1) is 0 Å². The first-order valence-electron chi connectivity index (χ1n) is 5.74. The fraction of sp³-hybridized carbons (Fsp3) is 0.538. The molecule has 4 nitrogen and oxygen atoms in total. The lowest BCUT2D eigenvalue weighted by molar-refractivity contribution is -0.153. The molecule has 0 spiro atoms. The smallest absolute Gasteiger partial charge is 0.313 e. The predicted octanol–water partition coefficient (Wildman–Crippen LogP) is 1.62. The van der Waals surface area contributed by atoms with Crippen LogP contribution in [0.4, 0.5) is 0 Å². The molecule has 4 heteroatoms. The Morgan fingerprint density at radius 3 is 1.76 bits per heavy atom. The molecule has 0 heterocycles. The van der Waals surface area contributed by atoms with Gasteiger partial charge in [0, 0.05) is 0 Å². The summed E-state index contributed by atoms with van der Waals surface area (Å²) in [5, 5.41) is 0. The van der Waals surface area contributed by atoms with Gasteiger partial charge >= 0.3 is 11.9 Å². The Morgan fingerprint density at radius 2 is 1.41 bits per heavy atom. The molecule has 0 radical (unpaired) electrons. The lowest BCUT2D eigenvalue weighted by atomic mass is 9.83. The molecule has 1 fully saturated rings. The normalized spacial score (nSPS) is 26.7. The van der Waals surface area contributed by atoms with Gasteiger partial charge in [-0.2, -0.15) is 0 Å². The van der Waals surface area contributed by atoms with Gasteiger partial charge in [0.1, 0.15) is 0 Å². The number of fused-ring (bicyclic) bond motifs is 1. The SMILES string of the molecule is COC(=O)[C@H]1C=C2CCCC2=C[C@H]1C(=O)OC. The van der Waals surface area contributed by atoms with Gasteiger partial charge in [-0.3, -0.25) is 9.59 Å². The maximum atomic E-state index is 11.7. The van der Waals surface area contributed by atoms with E-state index in [1.807, 2.05) is 12.2 Å². The minimum Gasteiger partial charge on any atom is -0.469 e. The molecule has 0 unspecified atom stereocenters. The maximum Gasteiger partial charge on any atom is 0.313 e. The highest BCUT2D eigenvalue weighted by atomic mass is 16.5. The van der Waals surface area contributed by atoms with Crippen molar-refractivity contribution in [2.24, 2.45) is 11.8 Å². The van der Waals surface area contributed by atoms with Crippen molar-refractivity contribution in [2.75, 3.05) is 14.2 Å². The monoisotopic (exact) mass is 236 g/mol. The Kier molecular flexibility index (Phi) is 3.31. The Morgan fingerprint density at radius 1 is 1.00 bits per heavy atom. The zero-order valence-electron chi connectivity index (χ0n) is 10.1. The Labute approximate surface area is 100 Å². The quantitative estimate of drug-likeness (QED) is 0.683. The van der Waals surface area contributed by atoms with Crippen LogP contribution in [0.2, 0.25) is 0 Å². The second-order valence-electron chi connectivity index (χ2n) is 4.34. The first-order valence-corrected chi connectivity index (χ1v) is 5.74. The number of ether oxygens (including phenoxy) is 2. The second kappa shape index (κ2) is 4.73. The lowest BCUT2D eigenvalue weighted by Crippen LogP contribution is -2.31. The summed E-state index contributed by atoms with van der Waals surface area (Å²) in [5.74, 6) is -1.83.